The molecule has 0 bridgehead atoms. The Hall–Kier alpha value is -2.26. The van der Waals surface area contributed by atoms with Crippen LogP contribution in [0.5, 0.6) is 0 Å². The summed E-state index contributed by atoms with van der Waals surface area (Å²) in [6.45, 7) is 1.51. The van der Waals surface area contributed by atoms with Crippen LogP contribution in [-0.4, -0.2) is 17.4 Å². The van der Waals surface area contributed by atoms with E-state index in [4.69, 9.17) is 11.6 Å². The Kier molecular flexibility index (Phi) is 4.22. The van der Waals surface area contributed by atoms with Gasteiger partial charge in [0.05, 0.1) is 0 Å². The first-order valence-corrected chi connectivity index (χ1v) is 7.21. The number of nitrogens with zero attached hydrogens (tertiary/aromatic N) is 2. The number of anilines is 1. The fourth-order valence-electron chi connectivity index (χ4n) is 2.16. The maximum absolute atomic E-state index is 5.97. The van der Waals surface area contributed by atoms with E-state index in [0.717, 1.165) is 18.1 Å². The SMILES string of the molecule is Clc1cccc(NC2=NCN(Cc3ccccc3)C=C2)c1. The predicted octanol–water partition coefficient (Wildman–Crippen LogP) is 4.14. The van der Waals surface area contributed by atoms with Crippen LogP contribution in [0.25, 0.3) is 0 Å². The molecule has 3 rings (SSSR count). The fourth-order valence-corrected chi connectivity index (χ4v) is 2.35. The lowest BCUT2D eigenvalue weighted by Crippen LogP contribution is -2.24. The maximum atomic E-state index is 5.97. The number of benzene rings is 2. The number of halogens is 1. The molecule has 0 fully saturated rings. The van der Waals surface area contributed by atoms with Gasteiger partial charge < -0.3 is 10.2 Å². The van der Waals surface area contributed by atoms with Crippen molar-refractivity contribution in [3.63, 3.8) is 0 Å². The van der Waals surface area contributed by atoms with Crippen molar-refractivity contribution in [3.8, 4) is 0 Å². The highest BCUT2D eigenvalue weighted by Crippen LogP contribution is 2.16. The molecule has 0 saturated carbocycles. The lowest BCUT2D eigenvalue weighted by molar-refractivity contribution is 0.378. The minimum atomic E-state index is 0.647. The van der Waals surface area contributed by atoms with Crippen LogP contribution in [0.2, 0.25) is 5.02 Å². The van der Waals surface area contributed by atoms with Gasteiger partial charge in [0.1, 0.15) is 12.5 Å². The van der Waals surface area contributed by atoms with Crippen LogP contribution in [0.15, 0.2) is 71.9 Å². The van der Waals surface area contributed by atoms with E-state index in [1.54, 1.807) is 0 Å². The summed E-state index contributed by atoms with van der Waals surface area (Å²) < 4.78 is 0. The lowest BCUT2D eigenvalue weighted by Gasteiger charge is -2.22. The van der Waals surface area contributed by atoms with E-state index in [1.165, 1.54) is 5.56 Å². The zero-order valence-corrected chi connectivity index (χ0v) is 12.3. The molecule has 0 amide bonds. The Morgan fingerprint density at radius 2 is 1.95 bits per heavy atom. The first-order valence-electron chi connectivity index (χ1n) is 6.83. The molecule has 0 aliphatic carbocycles. The number of hydrogen-bond donors (Lipinski definition) is 1. The van der Waals surface area contributed by atoms with Gasteiger partial charge in [-0.15, -0.1) is 0 Å². The van der Waals surface area contributed by atoms with E-state index in [9.17, 15) is 0 Å². The molecule has 0 atom stereocenters. The molecule has 2 aromatic carbocycles. The molecule has 3 nitrogen and oxygen atoms in total. The van der Waals surface area contributed by atoms with E-state index in [1.807, 2.05) is 36.4 Å². The fraction of sp³-hybridized carbons (Fsp3) is 0.118. The van der Waals surface area contributed by atoms with Gasteiger partial charge in [0.15, 0.2) is 0 Å². The highest BCUT2D eigenvalue weighted by Gasteiger charge is 2.06. The molecule has 1 aliphatic rings. The summed E-state index contributed by atoms with van der Waals surface area (Å²) in [5.41, 5.74) is 2.23. The van der Waals surface area contributed by atoms with Gasteiger partial charge >= 0.3 is 0 Å². The summed E-state index contributed by atoms with van der Waals surface area (Å²) in [5.74, 6) is 0.849. The summed E-state index contributed by atoms with van der Waals surface area (Å²) >= 11 is 5.97. The zero-order valence-electron chi connectivity index (χ0n) is 11.5. The zero-order chi connectivity index (χ0) is 14.5. The number of aliphatic imine (C=N–C) groups is 1. The van der Waals surface area contributed by atoms with Crippen LogP contribution in [0, 0.1) is 0 Å². The summed E-state index contributed by atoms with van der Waals surface area (Å²) in [7, 11) is 0. The molecule has 106 valence electrons. The molecule has 0 radical (unpaired) electrons. The number of hydrogen-bond acceptors (Lipinski definition) is 3. The second-order valence-corrected chi connectivity index (χ2v) is 5.30. The van der Waals surface area contributed by atoms with Crippen molar-refractivity contribution in [1.82, 2.24) is 4.90 Å². The Bertz CT molecular complexity index is 665. The van der Waals surface area contributed by atoms with Crippen LogP contribution in [0.1, 0.15) is 5.56 Å². The van der Waals surface area contributed by atoms with Gasteiger partial charge in [-0.05, 0) is 29.8 Å². The Balaban J connectivity index is 1.59. The van der Waals surface area contributed by atoms with E-state index < -0.39 is 0 Å². The van der Waals surface area contributed by atoms with Gasteiger partial charge in [0.2, 0.25) is 0 Å². The first-order chi connectivity index (χ1) is 10.3. The van der Waals surface area contributed by atoms with Crippen molar-refractivity contribution in [2.45, 2.75) is 6.54 Å². The van der Waals surface area contributed by atoms with E-state index >= 15 is 0 Å². The largest absolute Gasteiger partial charge is 0.354 e. The monoisotopic (exact) mass is 297 g/mol. The molecular formula is C17H16ClN3. The van der Waals surface area contributed by atoms with Crippen molar-refractivity contribution in [2.24, 2.45) is 4.99 Å². The highest BCUT2D eigenvalue weighted by molar-refractivity contribution is 6.30. The second-order valence-electron chi connectivity index (χ2n) is 4.87. The first kappa shape index (κ1) is 13.7. The standard InChI is InChI=1S/C17H16ClN3/c18-15-7-4-8-16(11-15)20-17-9-10-21(13-19-17)12-14-5-2-1-3-6-14/h1-11H,12-13H2,(H,19,20). The minimum absolute atomic E-state index is 0.647. The quantitative estimate of drug-likeness (QED) is 0.922. The van der Waals surface area contributed by atoms with Gasteiger partial charge in [0, 0.05) is 23.5 Å². The second kappa shape index (κ2) is 6.46. The summed E-state index contributed by atoms with van der Waals surface area (Å²) in [6.07, 6.45) is 4.04. The normalized spacial score (nSPS) is 14.0. The molecule has 0 unspecified atom stereocenters. The minimum Gasteiger partial charge on any atom is -0.354 e. The number of rotatable bonds is 3. The third kappa shape index (κ3) is 3.86. The average molecular weight is 298 g/mol. The van der Waals surface area contributed by atoms with Crippen molar-refractivity contribution in [3.05, 3.63) is 77.5 Å². The molecule has 21 heavy (non-hydrogen) atoms. The molecule has 1 aliphatic heterocycles. The third-order valence-electron chi connectivity index (χ3n) is 3.19. The summed E-state index contributed by atoms with van der Waals surface area (Å²) in [4.78, 5) is 6.70. The van der Waals surface area contributed by atoms with Gasteiger partial charge in [-0.1, -0.05) is 48.0 Å². The molecule has 1 N–H and O–H groups in total. The molecular weight excluding hydrogens is 282 g/mol. The van der Waals surface area contributed by atoms with Crippen molar-refractivity contribution >= 4 is 23.1 Å². The van der Waals surface area contributed by atoms with Gasteiger partial charge in [0.25, 0.3) is 0 Å². The average Bonchev–Trinajstić information content (AvgIpc) is 2.50. The number of amidine groups is 1. The van der Waals surface area contributed by atoms with Crippen LogP contribution < -0.4 is 5.32 Å². The lowest BCUT2D eigenvalue weighted by atomic mass is 10.2. The number of nitrogens with one attached hydrogen (secondary N) is 1. The van der Waals surface area contributed by atoms with Gasteiger partial charge in [-0.3, -0.25) is 0 Å². The van der Waals surface area contributed by atoms with Crippen LogP contribution in [0.3, 0.4) is 0 Å². The van der Waals surface area contributed by atoms with Crippen molar-refractivity contribution in [2.75, 3.05) is 12.0 Å². The Morgan fingerprint density at radius 3 is 2.67 bits per heavy atom. The highest BCUT2D eigenvalue weighted by atomic mass is 35.5. The van der Waals surface area contributed by atoms with Gasteiger partial charge in [-0.2, -0.15) is 0 Å². The topological polar surface area (TPSA) is 27.6 Å². The third-order valence-corrected chi connectivity index (χ3v) is 3.43. The smallest absolute Gasteiger partial charge is 0.128 e. The Labute approximate surface area is 129 Å². The van der Waals surface area contributed by atoms with E-state index in [0.29, 0.717) is 11.7 Å². The predicted molar refractivity (Wildman–Crippen MR) is 88.5 cm³/mol. The van der Waals surface area contributed by atoms with Crippen LogP contribution in [0.4, 0.5) is 5.69 Å². The van der Waals surface area contributed by atoms with Crippen LogP contribution in [-0.2, 0) is 6.54 Å². The Morgan fingerprint density at radius 1 is 1.10 bits per heavy atom. The molecule has 2 aromatic rings. The molecule has 0 aromatic heterocycles. The van der Waals surface area contributed by atoms with Crippen molar-refractivity contribution < 1.29 is 0 Å². The maximum Gasteiger partial charge on any atom is 0.128 e. The molecule has 0 saturated heterocycles. The molecule has 4 heteroatoms. The van der Waals surface area contributed by atoms with Crippen molar-refractivity contribution in [1.29, 1.82) is 0 Å². The van der Waals surface area contributed by atoms with E-state index in [2.05, 4.69) is 45.7 Å². The van der Waals surface area contributed by atoms with Crippen LogP contribution >= 0.6 is 11.6 Å². The molecule has 1 heterocycles. The van der Waals surface area contributed by atoms with Gasteiger partial charge in [-0.25, -0.2) is 4.99 Å². The summed E-state index contributed by atoms with van der Waals surface area (Å²) in [5, 5.41) is 3.97. The molecule has 0 spiro atoms. The summed E-state index contributed by atoms with van der Waals surface area (Å²) in [6, 6.07) is 18.0. The van der Waals surface area contributed by atoms with E-state index in [-0.39, 0.29) is 0 Å².